The van der Waals surface area contributed by atoms with Crippen molar-refractivity contribution in [2.75, 3.05) is 0 Å². The predicted molar refractivity (Wildman–Crippen MR) is 195 cm³/mol. The van der Waals surface area contributed by atoms with Gasteiger partial charge in [-0.2, -0.15) is 15.6 Å². The normalized spacial score (nSPS) is 11.5. The van der Waals surface area contributed by atoms with Gasteiger partial charge in [-0.15, -0.1) is 0 Å². The Balaban J connectivity index is 1.58. The van der Waals surface area contributed by atoms with E-state index in [2.05, 4.69) is 53.1 Å². The van der Waals surface area contributed by atoms with Gasteiger partial charge in [0.15, 0.2) is 0 Å². The highest BCUT2D eigenvalue weighted by molar-refractivity contribution is 6.00. The number of carbonyl (C=O) groups is 1. The van der Waals surface area contributed by atoms with Crippen LogP contribution in [0.15, 0.2) is 121 Å². The van der Waals surface area contributed by atoms with Crippen molar-refractivity contribution in [3.8, 4) is 23.3 Å². The van der Waals surface area contributed by atoms with Crippen molar-refractivity contribution in [3.05, 3.63) is 172 Å². The van der Waals surface area contributed by atoms with E-state index in [1.165, 1.54) is 0 Å². The van der Waals surface area contributed by atoms with Gasteiger partial charge in [-0.05, 0) is 74.6 Å². The van der Waals surface area contributed by atoms with Crippen molar-refractivity contribution >= 4 is 5.97 Å². The molecule has 0 aliphatic heterocycles. The quantitative estimate of drug-likeness (QED) is 0.114. The summed E-state index contributed by atoms with van der Waals surface area (Å²) >= 11 is 0. The van der Waals surface area contributed by atoms with Gasteiger partial charge in [-0.1, -0.05) is 110 Å². The van der Waals surface area contributed by atoms with Crippen LogP contribution in [0.2, 0.25) is 0 Å². The molecular formula is C43H39N5O2. The summed E-state index contributed by atoms with van der Waals surface area (Å²) in [5.74, 6) is -0.407. The Kier molecular flexibility index (Phi) is 9.27. The molecule has 50 heavy (non-hydrogen) atoms. The lowest BCUT2D eigenvalue weighted by molar-refractivity contribution is 0.00690. The Morgan fingerprint density at radius 3 is 1.74 bits per heavy atom. The SMILES string of the molecule is CCc1c(C(=O)OC(C)(C)C)c(-c2ccc(C#N)cc2)c(C)n1Cc1cc(C#N)n(C(c2ccccc2)(c2ccccc2)c2ccccc2)n1. The third-order valence-corrected chi connectivity index (χ3v) is 8.96. The lowest BCUT2D eigenvalue weighted by Gasteiger charge is -2.36. The molecule has 248 valence electrons. The highest BCUT2D eigenvalue weighted by Crippen LogP contribution is 2.42. The highest BCUT2D eigenvalue weighted by Gasteiger charge is 2.41. The third kappa shape index (κ3) is 6.11. The third-order valence-electron chi connectivity index (χ3n) is 8.96. The van der Waals surface area contributed by atoms with Crippen molar-refractivity contribution in [1.29, 1.82) is 10.5 Å². The molecule has 0 radical (unpaired) electrons. The molecule has 4 aromatic carbocycles. The molecule has 0 aliphatic carbocycles. The van der Waals surface area contributed by atoms with Crippen LogP contribution in [0.25, 0.3) is 11.1 Å². The first-order valence-corrected chi connectivity index (χ1v) is 16.7. The number of ether oxygens (including phenoxy) is 1. The van der Waals surface area contributed by atoms with E-state index in [-0.39, 0.29) is 0 Å². The van der Waals surface area contributed by atoms with Crippen LogP contribution in [0.3, 0.4) is 0 Å². The van der Waals surface area contributed by atoms with Gasteiger partial charge in [-0.25, -0.2) is 9.48 Å². The number of hydrogen-bond donors (Lipinski definition) is 0. The van der Waals surface area contributed by atoms with Crippen LogP contribution >= 0.6 is 0 Å². The van der Waals surface area contributed by atoms with Gasteiger partial charge in [0.1, 0.15) is 22.9 Å². The Labute approximate surface area is 293 Å². The smallest absolute Gasteiger partial charge is 0.341 e. The Morgan fingerprint density at radius 1 is 0.780 bits per heavy atom. The number of rotatable bonds is 9. The summed E-state index contributed by atoms with van der Waals surface area (Å²) < 4.78 is 9.91. The van der Waals surface area contributed by atoms with E-state index < -0.39 is 17.1 Å². The second-order valence-corrected chi connectivity index (χ2v) is 13.3. The maximum Gasteiger partial charge on any atom is 0.341 e. The van der Waals surface area contributed by atoms with E-state index in [9.17, 15) is 15.3 Å². The molecule has 0 saturated heterocycles. The molecule has 0 saturated carbocycles. The fraction of sp³-hybridized carbons (Fsp3) is 0.209. The molecule has 7 nitrogen and oxygen atoms in total. The van der Waals surface area contributed by atoms with Crippen LogP contribution in [0, 0.1) is 29.6 Å². The lowest BCUT2D eigenvalue weighted by atomic mass is 9.77. The molecular weight excluding hydrogens is 619 g/mol. The molecule has 0 N–H and O–H groups in total. The first-order chi connectivity index (χ1) is 24.1. The molecule has 0 unspecified atom stereocenters. The summed E-state index contributed by atoms with van der Waals surface area (Å²) in [5, 5.41) is 25.4. The molecule has 0 atom stereocenters. The van der Waals surface area contributed by atoms with Gasteiger partial charge in [0.2, 0.25) is 0 Å². The molecule has 6 rings (SSSR count). The fourth-order valence-electron chi connectivity index (χ4n) is 6.90. The maximum absolute atomic E-state index is 13.9. The van der Waals surface area contributed by atoms with Crippen molar-refractivity contribution in [2.24, 2.45) is 0 Å². The summed E-state index contributed by atoms with van der Waals surface area (Å²) in [6, 6.07) is 44.2. The topological polar surface area (TPSA) is 96.6 Å². The Bertz CT molecular complexity index is 2110. The van der Waals surface area contributed by atoms with E-state index in [0.29, 0.717) is 35.5 Å². The molecule has 7 heteroatoms. The van der Waals surface area contributed by atoms with Crippen LogP contribution in [0.5, 0.6) is 0 Å². The number of carbonyl (C=O) groups excluding carboxylic acids is 1. The maximum atomic E-state index is 13.9. The van der Waals surface area contributed by atoms with E-state index in [1.54, 1.807) is 12.1 Å². The minimum atomic E-state index is -0.957. The molecule has 2 aromatic heterocycles. The minimum Gasteiger partial charge on any atom is -0.456 e. The highest BCUT2D eigenvalue weighted by atomic mass is 16.6. The monoisotopic (exact) mass is 657 g/mol. The van der Waals surface area contributed by atoms with Crippen LogP contribution in [0.4, 0.5) is 0 Å². The fourth-order valence-corrected chi connectivity index (χ4v) is 6.90. The number of benzene rings is 4. The summed E-state index contributed by atoms with van der Waals surface area (Å²) in [4.78, 5) is 13.9. The average Bonchev–Trinajstić information content (AvgIpc) is 3.67. The molecule has 0 aliphatic rings. The predicted octanol–water partition coefficient (Wildman–Crippen LogP) is 8.81. The van der Waals surface area contributed by atoms with Crippen LogP contribution in [-0.2, 0) is 23.2 Å². The van der Waals surface area contributed by atoms with E-state index in [0.717, 1.165) is 39.2 Å². The second-order valence-electron chi connectivity index (χ2n) is 13.3. The van der Waals surface area contributed by atoms with Crippen molar-refractivity contribution in [2.45, 2.75) is 58.7 Å². The van der Waals surface area contributed by atoms with Crippen molar-refractivity contribution < 1.29 is 9.53 Å². The molecule has 0 fully saturated rings. The molecule has 0 amide bonds. The lowest BCUT2D eigenvalue weighted by Crippen LogP contribution is -2.39. The van der Waals surface area contributed by atoms with Crippen LogP contribution in [0.1, 0.15) is 83.1 Å². The van der Waals surface area contributed by atoms with Gasteiger partial charge in [0.25, 0.3) is 0 Å². The van der Waals surface area contributed by atoms with Gasteiger partial charge >= 0.3 is 5.97 Å². The zero-order chi connectivity index (χ0) is 35.5. The van der Waals surface area contributed by atoms with E-state index in [1.807, 2.05) is 112 Å². The summed E-state index contributed by atoms with van der Waals surface area (Å²) in [6.45, 7) is 9.90. The molecule has 0 spiro atoms. The largest absolute Gasteiger partial charge is 0.456 e. The average molecular weight is 658 g/mol. The van der Waals surface area contributed by atoms with Crippen LogP contribution in [-0.4, -0.2) is 25.9 Å². The van der Waals surface area contributed by atoms with Gasteiger partial charge in [-0.3, -0.25) is 0 Å². The Hall–Kier alpha value is -6.18. The first-order valence-electron chi connectivity index (χ1n) is 16.7. The standard InChI is InChI=1S/C43H39N5O2/c1-6-38-40(41(49)50-42(3,4)5)39(32-24-22-31(27-44)23-25-32)30(2)47(38)29-36-26-37(28-45)48(46-36)43(33-16-10-7-11-17-33,34-18-12-8-13-19-34)35-20-14-9-15-21-35/h7-26H,6,29H2,1-5H3. The van der Waals surface area contributed by atoms with Crippen LogP contribution < -0.4 is 0 Å². The zero-order valence-corrected chi connectivity index (χ0v) is 29.0. The number of nitriles is 2. The van der Waals surface area contributed by atoms with Gasteiger partial charge in [0.05, 0.1) is 29.4 Å². The number of aromatic nitrogens is 3. The Morgan fingerprint density at radius 2 is 1.30 bits per heavy atom. The van der Waals surface area contributed by atoms with Gasteiger partial charge in [0, 0.05) is 17.0 Å². The number of esters is 1. The van der Waals surface area contributed by atoms with E-state index >= 15 is 0 Å². The second kappa shape index (κ2) is 13.7. The van der Waals surface area contributed by atoms with E-state index in [4.69, 9.17) is 9.84 Å². The van der Waals surface area contributed by atoms with Gasteiger partial charge < -0.3 is 9.30 Å². The minimum absolute atomic E-state index is 0.317. The molecule has 6 aromatic rings. The zero-order valence-electron chi connectivity index (χ0n) is 29.0. The molecule has 0 bridgehead atoms. The van der Waals surface area contributed by atoms with Crippen molar-refractivity contribution in [1.82, 2.24) is 14.3 Å². The summed E-state index contributed by atoms with van der Waals surface area (Å²) in [6.07, 6.45) is 0.555. The molecule has 2 heterocycles. The number of hydrogen-bond acceptors (Lipinski definition) is 5. The summed E-state index contributed by atoms with van der Waals surface area (Å²) in [7, 11) is 0. The first kappa shape index (κ1) is 33.7. The number of nitrogens with zero attached hydrogens (tertiary/aromatic N) is 5. The summed E-state index contributed by atoms with van der Waals surface area (Å²) in [5.41, 5.74) is 6.58. The van der Waals surface area contributed by atoms with Crippen molar-refractivity contribution in [3.63, 3.8) is 0 Å².